The van der Waals surface area contributed by atoms with E-state index in [1.165, 1.54) is 23.5 Å². The van der Waals surface area contributed by atoms with Crippen LogP contribution in [0, 0.1) is 17.2 Å². The maximum absolute atomic E-state index is 13.4. The van der Waals surface area contributed by atoms with Gasteiger partial charge in [0.15, 0.2) is 0 Å². The average molecular weight is 468 g/mol. The van der Waals surface area contributed by atoms with Crippen LogP contribution in [0.1, 0.15) is 40.7 Å². The van der Waals surface area contributed by atoms with E-state index in [1.807, 2.05) is 12.1 Å². The maximum atomic E-state index is 13.4. The Morgan fingerprint density at radius 3 is 2.48 bits per heavy atom. The number of ether oxygens (including phenoxy) is 1. The van der Waals surface area contributed by atoms with Gasteiger partial charge < -0.3 is 9.64 Å². The van der Waals surface area contributed by atoms with Crippen LogP contribution < -0.4 is 4.90 Å². The number of methoxy groups -OCH3 is 1. The van der Waals surface area contributed by atoms with Crippen molar-refractivity contribution >= 4 is 27.6 Å². The van der Waals surface area contributed by atoms with Crippen LogP contribution in [0.3, 0.4) is 0 Å². The van der Waals surface area contributed by atoms with Crippen molar-refractivity contribution in [3.63, 3.8) is 0 Å². The van der Waals surface area contributed by atoms with Crippen LogP contribution in [-0.2, 0) is 26.0 Å². The molecular weight excluding hydrogens is 442 g/mol. The Kier molecular flexibility index (Phi) is 6.49. The van der Waals surface area contributed by atoms with E-state index in [0.717, 1.165) is 17.7 Å². The van der Waals surface area contributed by atoms with E-state index in [4.69, 9.17) is 4.74 Å². The molecular formula is C24H25N3O5S. The fraction of sp³-hybridized carbons (Fsp3) is 0.375. The number of carbonyl (C=O) groups is 2. The highest BCUT2D eigenvalue weighted by atomic mass is 32.2. The lowest BCUT2D eigenvalue weighted by molar-refractivity contribution is -0.123. The number of piperidine rings is 1. The second-order valence-corrected chi connectivity index (χ2v) is 10.1. The summed E-state index contributed by atoms with van der Waals surface area (Å²) in [5.41, 5.74) is 2.14. The Hall–Kier alpha value is -3.22. The fourth-order valence-electron chi connectivity index (χ4n) is 4.64. The van der Waals surface area contributed by atoms with Crippen molar-refractivity contribution in [1.82, 2.24) is 4.31 Å². The number of benzene rings is 2. The number of nitrogens with zero attached hydrogens (tertiary/aromatic N) is 3. The first-order valence-electron chi connectivity index (χ1n) is 10.9. The zero-order valence-corrected chi connectivity index (χ0v) is 19.2. The number of carbonyl (C=O) groups excluding carboxylic acids is 2. The minimum Gasteiger partial charge on any atom is -0.465 e. The molecule has 0 aliphatic carbocycles. The minimum atomic E-state index is -3.81. The lowest BCUT2D eigenvalue weighted by Crippen LogP contribution is -2.46. The second-order valence-electron chi connectivity index (χ2n) is 8.17. The lowest BCUT2D eigenvalue weighted by Gasteiger charge is -2.36. The first-order chi connectivity index (χ1) is 15.9. The highest BCUT2D eigenvalue weighted by Gasteiger charge is 2.36. The molecule has 1 fully saturated rings. The van der Waals surface area contributed by atoms with Gasteiger partial charge in [-0.2, -0.15) is 9.57 Å². The highest BCUT2D eigenvalue weighted by molar-refractivity contribution is 7.89. The molecule has 9 heteroatoms. The van der Waals surface area contributed by atoms with Crippen molar-refractivity contribution in [2.45, 2.75) is 30.6 Å². The normalized spacial score (nSPS) is 17.2. The quantitative estimate of drug-likeness (QED) is 0.640. The summed E-state index contributed by atoms with van der Waals surface area (Å²) in [6.45, 7) is 0.979. The van der Waals surface area contributed by atoms with Gasteiger partial charge in [0.05, 0.1) is 23.1 Å². The van der Waals surface area contributed by atoms with E-state index < -0.39 is 16.0 Å². The molecule has 0 unspecified atom stereocenters. The van der Waals surface area contributed by atoms with E-state index in [2.05, 4.69) is 0 Å². The fourth-order valence-corrected chi connectivity index (χ4v) is 6.25. The van der Waals surface area contributed by atoms with Crippen LogP contribution in [0.2, 0.25) is 0 Å². The average Bonchev–Trinajstić information content (AvgIpc) is 2.87. The molecule has 0 radical (unpaired) electrons. The molecule has 0 aromatic heterocycles. The third-order valence-electron chi connectivity index (χ3n) is 6.35. The van der Waals surface area contributed by atoms with Gasteiger partial charge in [0.2, 0.25) is 15.9 Å². The van der Waals surface area contributed by atoms with Gasteiger partial charge in [0.1, 0.15) is 6.07 Å². The molecule has 2 aromatic carbocycles. The molecule has 0 N–H and O–H groups in total. The molecule has 33 heavy (non-hydrogen) atoms. The highest BCUT2D eigenvalue weighted by Crippen LogP contribution is 2.33. The summed E-state index contributed by atoms with van der Waals surface area (Å²) in [4.78, 5) is 27.3. The van der Waals surface area contributed by atoms with Gasteiger partial charge in [0, 0.05) is 31.2 Å². The van der Waals surface area contributed by atoms with Crippen molar-refractivity contribution in [2.24, 2.45) is 5.92 Å². The largest absolute Gasteiger partial charge is 0.465 e. The number of anilines is 1. The van der Waals surface area contributed by atoms with Crippen LogP contribution in [0.4, 0.5) is 5.69 Å². The van der Waals surface area contributed by atoms with E-state index in [0.29, 0.717) is 31.4 Å². The molecule has 172 valence electrons. The summed E-state index contributed by atoms with van der Waals surface area (Å²) in [6.07, 6.45) is 2.23. The molecule has 1 amide bonds. The third kappa shape index (κ3) is 4.24. The van der Waals surface area contributed by atoms with Crippen LogP contribution in [0.15, 0.2) is 47.4 Å². The van der Waals surface area contributed by atoms with Crippen molar-refractivity contribution < 1.29 is 22.7 Å². The monoisotopic (exact) mass is 467 g/mol. The van der Waals surface area contributed by atoms with Crippen LogP contribution >= 0.6 is 0 Å². The second kappa shape index (κ2) is 9.33. The van der Waals surface area contributed by atoms with Gasteiger partial charge >= 0.3 is 5.97 Å². The Balaban J connectivity index is 1.50. The van der Waals surface area contributed by atoms with Crippen molar-refractivity contribution in [3.05, 3.63) is 59.2 Å². The van der Waals surface area contributed by atoms with Gasteiger partial charge in [0.25, 0.3) is 0 Å². The van der Waals surface area contributed by atoms with Gasteiger partial charge in [-0.25, -0.2) is 13.2 Å². The van der Waals surface area contributed by atoms with Crippen LogP contribution in [0.5, 0.6) is 0 Å². The number of hydrogen-bond donors (Lipinski definition) is 0. The number of esters is 1. The van der Waals surface area contributed by atoms with E-state index in [1.54, 1.807) is 29.2 Å². The Morgan fingerprint density at radius 1 is 1.06 bits per heavy atom. The van der Waals surface area contributed by atoms with Crippen molar-refractivity contribution in [2.75, 3.05) is 31.6 Å². The molecule has 0 bridgehead atoms. The first-order valence-corrected chi connectivity index (χ1v) is 12.3. The predicted octanol–water partition coefficient (Wildman–Crippen LogP) is 2.72. The van der Waals surface area contributed by atoms with Crippen molar-refractivity contribution in [3.8, 4) is 6.07 Å². The Bertz CT molecular complexity index is 1230. The van der Waals surface area contributed by atoms with Crippen LogP contribution in [0.25, 0.3) is 0 Å². The summed E-state index contributed by atoms with van der Waals surface area (Å²) < 4.78 is 32.4. The molecule has 0 spiro atoms. The van der Waals surface area contributed by atoms with E-state index >= 15 is 0 Å². The first kappa shape index (κ1) is 23.0. The minimum absolute atomic E-state index is 0.00225. The third-order valence-corrected chi connectivity index (χ3v) is 8.31. The molecule has 2 aliphatic rings. The number of fused-ring (bicyclic) bond motifs is 1. The zero-order chi connectivity index (χ0) is 23.6. The number of rotatable bonds is 4. The summed E-state index contributed by atoms with van der Waals surface area (Å²) in [6, 6.07) is 13.4. The summed E-state index contributed by atoms with van der Waals surface area (Å²) >= 11 is 0. The van der Waals surface area contributed by atoms with E-state index in [-0.39, 0.29) is 35.4 Å². The standard InChI is InChI=1S/C24H25N3O5S/c1-32-24(29)20-7-4-9-21-19(20)8-5-13-27(21)23(28)17-11-14-26(15-12-17)33(30,31)22-10-3-2-6-18(22)16-25/h2-4,6-7,9-10,17H,5,8,11-15H2,1H3. The molecule has 2 aromatic rings. The Labute approximate surface area is 193 Å². The smallest absolute Gasteiger partial charge is 0.338 e. The van der Waals surface area contributed by atoms with Gasteiger partial charge in [-0.15, -0.1) is 0 Å². The number of amides is 1. The lowest BCUT2D eigenvalue weighted by atomic mass is 9.92. The van der Waals surface area contributed by atoms with Gasteiger partial charge in [-0.3, -0.25) is 4.79 Å². The van der Waals surface area contributed by atoms with E-state index in [9.17, 15) is 23.3 Å². The van der Waals surface area contributed by atoms with Gasteiger partial charge in [-0.1, -0.05) is 18.2 Å². The number of nitriles is 1. The molecule has 8 nitrogen and oxygen atoms in total. The SMILES string of the molecule is COC(=O)c1cccc2c1CCCN2C(=O)C1CCN(S(=O)(=O)c2ccccc2C#N)CC1. The molecule has 4 rings (SSSR count). The summed E-state index contributed by atoms with van der Waals surface area (Å²) in [7, 11) is -2.47. The molecule has 0 saturated carbocycles. The zero-order valence-electron chi connectivity index (χ0n) is 18.4. The maximum Gasteiger partial charge on any atom is 0.338 e. The molecule has 2 heterocycles. The molecule has 0 atom stereocenters. The van der Waals surface area contributed by atoms with Gasteiger partial charge in [-0.05, 0) is 55.5 Å². The number of hydrogen-bond acceptors (Lipinski definition) is 6. The summed E-state index contributed by atoms with van der Waals surface area (Å²) in [5, 5.41) is 9.28. The Morgan fingerprint density at radius 2 is 1.79 bits per heavy atom. The molecule has 1 saturated heterocycles. The predicted molar refractivity (Wildman–Crippen MR) is 121 cm³/mol. The topological polar surface area (TPSA) is 108 Å². The number of sulfonamides is 1. The molecule has 2 aliphatic heterocycles. The van der Waals surface area contributed by atoms with Crippen LogP contribution in [-0.4, -0.2) is 51.3 Å². The summed E-state index contributed by atoms with van der Waals surface area (Å²) in [5.74, 6) is -0.778. The van der Waals surface area contributed by atoms with Crippen molar-refractivity contribution in [1.29, 1.82) is 5.26 Å².